The maximum Gasteiger partial charge on any atom is 0.164 e. The lowest BCUT2D eigenvalue weighted by Crippen LogP contribution is -2.01. The van der Waals surface area contributed by atoms with Gasteiger partial charge >= 0.3 is 0 Å². The molecule has 0 aliphatic rings. The van der Waals surface area contributed by atoms with E-state index in [9.17, 15) is 9.18 Å². The van der Waals surface area contributed by atoms with Gasteiger partial charge < -0.3 is 0 Å². The Balaban J connectivity index is 2.82. The molecule has 0 saturated heterocycles. The first-order valence-electron chi connectivity index (χ1n) is 4.64. The molecule has 0 saturated carbocycles. The van der Waals surface area contributed by atoms with E-state index in [-0.39, 0.29) is 10.3 Å². The molecule has 1 aromatic carbocycles. The van der Waals surface area contributed by atoms with Crippen LogP contribution < -0.4 is 0 Å². The van der Waals surface area contributed by atoms with Crippen LogP contribution in [0.4, 0.5) is 4.39 Å². The second kappa shape index (κ2) is 5.21. The fourth-order valence-corrected chi connectivity index (χ4v) is 1.67. The Morgan fingerprint density at radius 3 is 2.73 bits per heavy atom. The van der Waals surface area contributed by atoms with Crippen LogP contribution in [0.3, 0.4) is 0 Å². The molecule has 0 fully saturated rings. The van der Waals surface area contributed by atoms with E-state index in [0.29, 0.717) is 18.4 Å². The number of Topliss-reactive ketones (excluding diaryl/α,β-unsaturated/α-hetero) is 1. The maximum absolute atomic E-state index is 13.1. The summed E-state index contributed by atoms with van der Waals surface area (Å²) in [6.07, 6.45) is 1.01. The van der Waals surface area contributed by atoms with Crippen molar-refractivity contribution in [3.8, 4) is 0 Å². The van der Waals surface area contributed by atoms with Gasteiger partial charge in [0.25, 0.3) is 0 Å². The molecule has 0 aromatic heterocycles. The summed E-state index contributed by atoms with van der Waals surface area (Å²) in [4.78, 5) is 11.7. The summed E-state index contributed by atoms with van der Waals surface area (Å²) >= 11 is 3.07. The van der Waals surface area contributed by atoms with Gasteiger partial charge in [-0.2, -0.15) is 0 Å². The first-order valence-corrected chi connectivity index (χ1v) is 5.43. The lowest BCUT2D eigenvalue weighted by Gasteiger charge is -2.04. The average molecular weight is 271 g/mol. The van der Waals surface area contributed by atoms with Gasteiger partial charge in [-0.15, -0.1) is 6.58 Å². The SMILES string of the molecule is C=C(C)CCC(=O)c1cccc(F)c1Br. The molecule has 80 valence electrons. The summed E-state index contributed by atoms with van der Waals surface area (Å²) in [5.74, 6) is -0.472. The minimum Gasteiger partial charge on any atom is -0.294 e. The molecule has 3 heteroatoms. The molecule has 0 amide bonds. The second-order valence-corrected chi connectivity index (χ2v) is 4.27. The zero-order chi connectivity index (χ0) is 11.4. The Morgan fingerprint density at radius 2 is 2.13 bits per heavy atom. The minimum atomic E-state index is -0.406. The topological polar surface area (TPSA) is 17.1 Å². The summed E-state index contributed by atoms with van der Waals surface area (Å²) in [7, 11) is 0. The van der Waals surface area contributed by atoms with Crippen molar-refractivity contribution in [1.29, 1.82) is 0 Å². The van der Waals surface area contributed by atoms with Crippen LogP contribution in [0.5, 0.6) is 0 Å². The summed E-state index contributed by atoms with van der Waals surface area (Å²) in [6, 6.07) is 4.47. The van der Waals surface area contributed by atoms with Gasteiger partial charge in [0, 0.05) is 12.0 Å². The lowest BCUT2D eigenvalue weighted by atomic mass is 10.0. The molecule has 0 atom stereocenters. The van der Waals surface area contributed by atoms with Crippen molar-refractivity contribution in [2.75, 3.05) is 0 Å². The predicted octanol–water partition coefficient (Wildman–Crippen LogP) is 4.13. The monoisotopic (exact) mass is 270 g/mol. The van der Waals surface area contributed by atoms with Crippen LogP contribution in [0.15, 0.2) is 34.8 Å². The zero-order valence-corrected chi connectivity index (χ0v) is 10.1. The third-order valence-electron chi connectivity index (χ3n) is 2.03. The summed E-state index contributed by atoms with van der Waals surface area (Å²) in [5, 5.41) is 0. The van der Waals surface area contributed by atoms with Crippen LogP contribution in [0, 0.1) is 5.82 Å². The molecule has 0 bridgehead atoms. The number of carbonyl (C=O) groups excluding carboxylic acids is 1. The Bertz CT molecular complexity index is 399. The fraction of sp³-hybridized carbons (Fsp3) is 0.250. The van der Waals surface area contributed by atoms with Gasteiger partial charge in [-0.3, -0.25) is 4.79 Å². The van der Waals surface area contributed by atoms with E-state index in [0.717, 1.165) is 5.57 Å². The van der Waals surface area contributed by atoms with E-state index in [1.165, 1.54) is 12.1 Å². The number of halogens is 2. The minimum absolute atomic E-state index is 0.0654. The molecule has 1 rings (SSSR count). The molecule has 0 unspecified atom stereocenters. The molecular weight excluding hydrogens is 259 g/mol. The van der Waals surface area contributed by atoms with Crippen LogP contribution >= 0.6 is 15.9 Å². The van der Waals surface area contributed by atoms with Gasteiger partial charge in [-0.25, -0.2) is 4.39 Å². The quantitative estimate of drug-likeness (QED) is 0.594. The standard InChI is InChI=1S/C12H12BrFO/c1-8(2)6-7-11(15)9-4-3-5-10(14)12(9)13/h3-5H,1,6-7H2,2H3. The van der Waals surface area contributed by atoms with Crippen molar-refractivity contribution in [1.82, 2.24) is 0 Å². The average Bonchev–Trinajstić information content (AvgIpc) is 2.18. The van der Waals surface area contributed by atoms with E-state index >= 15 is 0 Å². The van der Waals surface area contributed by atoms with Crippen LogP contribution in [-0.2, 0) is 0 Å². The molecule has 1 nitrogen and oxygen atoms in total. The van der Waals surface area contributed by atoms with Crippen molar-refractivity contribution >= 4 is 21.7 Å². The highest BCUT2D eigenvalue weighted by Gasteiger charge is 2.12. The number of carbonyl (C=O) groups is 1. The Morgan fingerprint density at radius 1 is 1.47 bits per heavy atom. The molecule has 0 spiro atoms. The Hall–Kier alpha value is -0.960. The number of hydrogen-bond donors (Lipinski definition) is 0. The van der Waals surface area contributed by atoms with Gasteiger partial charge in [0.2, 0.25) is 0 Å². The first-order chi connectivity index (χ1) is 7.02. The van der Waals surface area contributed by atoms with Crippen LogP contribution in [0.1, 0.15) is 30.1 Å². The van der Waals surface area contributed by atoms with Crippen molar-refractivity contribution in [3.05, 3.63) is 46.2 Å². The molecular formula is C12H12BrFO. The number of benzene rings is 1. The van der Waals surface area contributed by atoms with Crippen molar-refractivity contribution in [2.24, 2.45) is 0 Å². The first kappa shape index (κ1) is 12.1. The number of rotatable bonds is 4. The fourth-order valence-electron chi connectivity index (χ4n) is 1.18. The highest BCUT2D eigenvalue weighted by atomic mass is 79.9. The zero-order valence-electron chi connectivity index (χ0n) is 8.52. The molecule has 0 heterocycles. The molecule has 0 aliphatic heterocycles. The number of hydrogen-bond acceptors (Lipinski definition) is 1. The van der Waals surface area contributed by atoms with E-state index in [4.69, 9.17) is 0 Å². The van der Waals surface area contributed by atoms with Crippen LogP contribution in [-0.4, -0.2) is 5.78 Å². The molecule has 15 heavy (non-hydrogen) atoms. The molecule has 0 aliphatic carbocycles. The highest BCUT2D eigenvalue weighted by Crippen LogP contribution is 2.22. The number of allylic oxidation sites excluding steroid dienone is 1. The molecule has 0 N–H and O–H groups in total. The van der Waals surface area contributed by atoms with E-state index < -0.39 is 5.82 Å². The molecule has 1 aromatic rings. The van der Waals surface area contributed by atoms with Crippen molar-refractivity contribution in [2.45, 2.75) is 19.8 Å². The van der Waals surface area contributed by atoms with Crippen LogP contribution in [0.25, 0.3) is 0 Å². The van der Waals surface area contributed by atoms with E-state index in [1.807, 2.05) is 6.92 Å². The third-order valence-corrected chi connectivity index (χ3v) is 2.84. The summed E-state index contributed by atoms with van der Waals surface area (Å²) in [5.41, 5.74) is 1.35. The van der Waals surface area contributed by atoms with Gasteiger partial charge in [0.1, 0.15) is 5.82 Å². The predicted molar refractivity (Wildman–Crippen MR) is 62.5 cm³/mol. The van der Waals surface area contributed by atoms with Crippen LogP contribution in [0.2, 0.25) is 0 Å². The van der Waals surface area contributed by atoms with Crippen molar-refractivity contribution < 1.29 is 9.18 Å². The Labute approximate surface area is 97.1 Å². The Kier molecular flexibility index (Phi) is 4.21. The third kappa shape index (κ3) is 3.27. The van der Waals surface area contributed by atoms with Gasteiger partial charge in [0.05, 0.1) is 4.47 Å². The van der Waals surface area contributed by atoms with Gasteiger partial charge in [0.15, 0.2) is 5.78 Å². The molecule has 0 radical (unpaired) electrons. The highest BCUT2D eigenvalue weighted by molar-refractivity contribution is 9.10. The maximum atomic E-state index is 13.1. The van der Waals surface area contributed by atoms with Gasteiger partial charge in [-0.1, -0.05) is 17.7 Å². The van der Waals surface area contributed by atoms with Gasteiger partial charge in [-0.05, 0) is 35.3 Å². The summed E-state index contributed by atoms with van der Waals surface area (Å²) in [6.45, 7) is 5.59. The van der Waals surface area contributed by atoms with Crippen molar-refractivity contribution in [3.63, 3.8) is 0 Å². The lowest BCUT2D eigenvalue weighted by molar-refractivity contribution is 0.0981. The normalized spacial score (nSPS) is 10.1. The van der Waals surface area contributed by atoms with E-state index in [1.54, 1.807) is 6.07 Å². The number of ketones is 1. The largest absolute Gasteiger partial charge is 0.294 e. The smallest absolute Gasteiger partial charge is 0.164 e. The summed E-state index contributed by atoms with van der Waals surface area (Å²) < 4.78 is 13.4. The van der Waals surface area contributed by atoms with E-state index in [2.05, 4.69) is 22.5 Å². The second-order valence-electron chi connectivity index (χ2n) is 3.48.